The highest BCUT2D eigenvalue weighted by Crippen LogP contribution is 2.29. The van der Waals surface area contributed by atoms with E-state index >= 15 is 0 Å². The highest BCUT2D eigenvalue weighted by Gasteiger charge is 2.17. The summed E-state index contributed by atoms with van der Waals surface area (Å²) in [5, 5.41) is 0. The Bertz CT molecular complexity index is 351. The number of benzene rings is 1. The fourth-order valence-electron chi connectivity index (χ4n) is 1.94. The maximum absolute atomic E-state index is 5.94. The number of hydrogen-bond acceptors (Lipinski definition) is 2. The molecule has 14 heavy (non-hydrogen) atoms. The first-order valence-electron chi connectivity index (χ1n) is 4.81. The Morgan fingerprint density at radius 2 is 2.21 bits per heavy atom. The second-order valence-electron chi connectivity index (χ2n) is 3.76. The fraction of sp³-hybridized carbons (Fsp3) is 0.455. The molecule has 3 heteroatoms. The highest BCUT2D eigenvalue weighted by atomic mass is 127. The molecule has 1 aromatic carbocycles. The molecule has 76 valence electrons. The van der Waals surface area contributed by atoms with Crippen LogP contribution in [0.1, 0.15) is 17.5 Å². The molecule has 2 rings (SSSR count). The fourth-order valence-corrected chi connectivity index (χ4v) is 2.69. The zero-order chi connectivity index (χ0) is 10.1. The van der Waals surface area contributed by atoms with Crippen molar-refractivity contribution in [2.45, 2.75) is 25.3 Å². The third kappa shape index (κ3) is 1.88. The summed E-state index contributed by atoms with van der Waals surface area (Å²) < 4.78 is 6.48. The van der Waals surface area contributed by atoms with E-state index < -0.39 is 0 Å². The molecular weight excluding hydrogens is 289 g/mol. The minimum atomic E-state index is 0.340. The summed E-state index contributed by atoms with van der Waals surface area (Å²) in [6.07, 6.45) is 3.19. The van der Waals surface area contributed by atoms with E-state index in [2.05, 4.69) is 34.7 Å². The van der Waals surface area contributed by atoms with Gasteiger partial charge >= 0.3 is 0 Å². The molecule has 0 bridgehead atoms. The van der Waals surface area contributed by atoms with Crippen molar-refractivity contribution in [2.75, 3.05) is 7.11 Å². The topological polar surface area (TPSA) is 35.2 Å². The van der Waals surface area contributed by atoms with E-state index in [1.54, 1.807) is 7.11 Å². The third-order valence-electron chi connectivity index (χ3n) is 2.74. The van der Waals surface area contributed by atoms with Gasteiger partial charge in [0.25, 0.3) is 0 Å². The van der Waals surface area contributed by atoms with Gasteiger partial charge < -0.3 is 10.5 Å². The second-order valence-corrected chi connectivity index (χ2v) is 4.92. The standard InChI is InChI=1S/C11H14INO/c1-14-11-6-7-2-3-9(13)4-8(7)5-10(11)12/h5-6,9H,2-4,13H2,1H3/t9-/m1/s1. The Balaban J connectivity index is 2.40. The van der Waals surface area contributed by atoms with Crippen LogP contribution in [-0.4, -0.2) is 13.2 Å². The maximum Gasteiger partial charge on any atom is 0.132 e. The molecule has 0 aromatic heterocycles. The molecule has 0 amide bonds. The molecule has 2 nitrogen and oxygen atoms in total. The number of aryl methyl sites for hydroxylation is 1. The summed E-state index contributed by atoms with van der Waals surface area (Å²) >= 11 is 2.31. The van der Waals surface area contributed by atoms with Crippen LogP contribution in [0.25, 0.3) is 0 Å². The molecule has 0 aliphatic heterocycles. The van der Waals surface area contributed by atoms with Gasteiger partial charge in [0.05, 0.1) is 10.7 Å². The van der Waals surface area contributed by atoms with Gasteiger partial charge in [0.1, 0.15) is 5.75 Å². The minimum Gasteiger partial charge on any atom is -0.496 e. The van der Waals surface area contributed by atoms with Gasteiger partial charge in [-0.3, -0.25) is 0 Å². The Hall–Kier alpha value is -0.290. The van der Waals surface area contributed by atoms with Crippen molar-refractivity contribution >= 4 is 22.6 Å². The van der Waals surface area contributed by atoms with Gasteiger partial charge in [-0.25, -0.2) is 0 Å². The quantitative estimate of drug-likeness (QED) is 0.807. The van der Waals surface area contributed by atoms with Gasteiger partial charge in [-0.05, 0) is 65.1 Å². The zero-order valence-electron chi connectivity index (χ0n) is 8.22. The Morgan fingerprint density at radius 3 is 2.93 bits per heavy atom. The molecule has 0 saturated heterocycles. The third-order valence-corrected chi connectivity index (χ3v) is 3.58. The second kappa shape index (κ2) is 4.06. The average Bonchev–Trinajstić information content (AvgIpc) is 2.16. The Kier molecular flexibility index (Phi) is 2.97. The van der Waals surface area contributed by atoms with Crippen molar-refractivity contribution in [1.29, 1.82) is 0 Å². The first-order valence-corrected chi connectivity index (χ1v) is 5.89. The van der Waals surface area contributed by atoms with Gasteiger partial charge in [0.2, 0.25) is 0 Å². The molecule has 0 spiro atoms. The van der Waals surface area contributed by atoms with Crippen molar-refractivity contribution in [3.05, 3.63) is 26.8 Å². The molecule has 1 aliphatic rings. The lowest BCUT2D eigenvalue weighted by Gasteiger charge is -2.22. The van der Waals surface area contributed by atoms with Crippen molar-refractivity contribution in [3.8, 4) is 5.75 Å². The van der Waals surface area contributed by atoms with Crippen molar-refractivity contribution in [1.82, 2.24) is 0 Å². The number of methoxy groups -OCH3 is 1. The number of ether oxygens (including phenoxy) is 1. The van der Waals surface area contributed by atoms with E-state index in [0.717, 1.165) is 25.0 Å². The van der Waals surface area contributed by atoms with Gasteiger partial charge in [-0.15, -0.1) is 0 Å². The predicted octanol–water partition coefficient (Wildman–Crippen LogP) is 2.12. The summed E-state index contributed by atoms with van der Waals surface area (Å²) in [5.41, 5.74) is 8.74. The van der Waals surface area contributed by atoms with Crippen molar-refractivity contribution in [2.24, 2.45) is 5.73 Å². The number of nitrogens with two attached hydrogens (primary N) is 1. The average molecular weight is 303 g/mol. The van der Waals surface area contributed by atoms with Crippen LogP contribution >= 0.6 is 22.6 Å². The summed E-state index contributed by atoms with van der Waals surface area (Å²) in [6.45, 7) is 0. The summed E-state index contributed by atoms with van der Waals surface area (Å²) in [4.78, 5) is 0. The van der Waals surface area contributed by atoms with E-state index in [4.69, 9.17) is 10.5 Å². The Morgan fingerprint density at radius 1 is 1.43 bits per heavy atom. The van der Waals surface area contributed by atoms with Crippen LogP contribution < -0.4 is 10.5 Å². The molecule has 0 radical (unpaired) electrons. The van der Waals surface area contributed by atoms with Crippen LogP contribution in [0.15, 0.2) is 12.1 Å². The van der Waals surface area contributed by atoms with Crippen LogP contribution in [0.3, 0.4) is 0 Å². The van der Waals surface area contributed by atoms with Gasteiger partial charge in [0.15, 0.2) is 0 Å². The molecule has 1 atom stereocenters. The number of hydrogen-bond donors (Lipinski definition) is 1. The molecule has 0 unspecified atom stereocenters. The smallest absolute Gasteiger partial charge is 0.132 e. The van der Waals surface area contributed by atoms with Crippen molar-refractivity contribution < 1.29 is 4.74 Å². The normalized spacial score (nSPS) is 20.4. The summed E-state index contributed by atoms with van der Waals surface area (Å²) in [5.74, 6) is 0.986. The molecule has 1 aromatic rings. The molecule has 0 heterocycles. The van der Waals surface area contributed by atoms with Crippen LogP contribution in [0.4, 0.5) is 0 Å². The molecular formula is C11H14INO. The van der Waals surface area contributed by atoms with Crippen LogP contribution in [-0.2, 0) is 12.8 Å². The minimum absolute atomic E-state index is 0.340. The Labute approximate surface area is 98.0 Å². The predicted molar refractivity (Wildman–Crippen MR) is 65.7 cm³/mol. The molecule has 2 N–H and O–H groups in total. The monoisotopic (exact) mass is 303 g/mol. The lowest BCUT2D eigenvalue weighted by atomic mass is 9.89. The first-order chi connectivity index (χ1) is 6.70. The first kappa shape index (κ1) is 10.2. The van der Waals surface area contributed by atoms with Crippen molar-refractivity contribution in [3.63, 3.8) is 0 Å². The van der Waals surface area contributed by atoms with E-state index in [1.807, 2.05) is 0 Å². The lowest BCUT2D eigenvalue weighted by molar-refractivity contribution is 0.410. The van der Waals surface area contributed by atoms with Gasteiger partial charge in [0, 0.05) is 6.04 Å². The molecule has 0 saturated carbocycles. The van der Waals surface area contributed by atoms with Gasteiger partial charge in [-0.1, -0.05) is 0 Å². The molecule has 0 fully saturated rings. The van der Waals surface area contributed by atoms with E-state index in [9.17, 15) is 0 Å². The van der Waals surface area contributed by atoms with E-state index in [0.29, 0.717) is 6.04 Å². The van der Waals surface area contributed by atoms with E-state index in [-0.39, 0.29) is 0 Å². The number of fused-ring (bicyclic) bond motifs is 1. The van der Waals surface area contributed by atoms with Crippen LogP contribution in [0.2, 0.25) is 0 Å². The lowest BCUT2D eigenvalue weighted by Crippen LogP contribution is -2.27. The number of halogens is 1. The zero-order valence-corrected chi connectivity index (χ0v) is 10.4. The van der Waals surface area contributed by atoms with Crippen LogP contribution in [0, 0.1) is 3.57 Å². The summed E-state index contributed by atoms with van der Waals surface area (Å²) in [7, 11) is 1.72. The maximum atomic E-state index is 5.94. The number of rotatable bonds is 1. The van der Waals surface area contributed by atoms with Crippen LogP contribution in [0.5, 0.6) is 5.75 Å². The van der Waals surface area contributed by atoms with Gasteiger partial charge in [-0.2, -0.15) is 0 Å². The molecule has 1 aliphatic carbocycles. The highest BCUT2D eigenvalue weighted by molar-refractivity contribution is 14.1. The van der Waals surface area contributed by atoms with E-state index in [1.165, 1.54) is 14.7 Å². The SMILES string of the molecule is COc1cc2c(cc1I)C[C@H](N)CC2. The summed E-state index contributed by atoms with van der Waals surface area (Å²) in [6, 6.07) is 4.70. The largest absolute Gasteiger partial charge is 0.496 e.